The summed E-state index contributed by atoms with van der Waals surface area (Å²) >= 11 is 0. The van der Waals surface area contributed by atoms with Crippen LogP contribution in [-0.2, 0) is 9.84 Å². The molecule has 2 N–H and O–H groups in total. The van der Waals surface area contributed by atoms with E-state index in [4.69, 9.17) is 4.42 Å². The summed E-state index contributed by atoms with van der Waals surface area (Å²) in [5, 5.41) is 10.2. The quantitative estimate of drug-likeness (QED) is 0.875. The summed E-state index contributed by atoms with van der Waals surface area (Å²) in [6.45, 7) is 2.90. The first kappa shape index (κ1) is 13.8. The number of hydrogen-bond acceptors (Lipinski definition) is 5. The molecule has 0 saturated heterocycles. The fourth-order valence-corrected chi connectivity index (χ4v) is 2.28. The van der Waals surface area contributed by atoms with Gasteiger partial charge in [-0.2, -0.15) is 0 Å². The van der Waals surface area contributed by atoms with E-state index in [2.05, 4.69) is 4.98 Å². The Morgan fingerprint density at radius 2 is 2.00 bits per heavy atom. The van der Waals surface area contributed by atoms with Gasteiger partial charge >= 0.3 is 5.76 Å². The monoisotopic (exact) mass is 285 g/mol. The second-order valence-electron chi connectivity index (χ2n) is 5.05. The Labute approximate surface area is 110 Å². The maximum absolute atomic E-state index is 11.7. The minimum Gasteiger partial charge on any atom is -0.408 e. The molecule has 1 aromatic carbocycles. The van der Waals surface area contributed by atoms with E-state index in [-0.39, 0.29) is 5.58 Å². The topological polar surface area (TPSA) is 100 Å². The second kappa shape index (κ2) is 4.21. The molecule has 6 nitrogen and oxygen atoms in total. The summed E-state index contributed by atoms with van der Waals surface area (Å²) in [5.74, 6) is -0.594. The highest BCUT2D eigenvalue weighted by Crippen LogP contribution is 2.32. The number of nitrogens with one attached hydrogen (secondary N) is 1. The molecule has 104 valence electrons. The zero-order chi connectivity index (χ0) is 14.4. The Kier molecular flexibility index (Phi) is 3.06. The molecule has 1 unspecified atom stereocenters. The molecular formula is C12H15NO5S. The molecule has 0 aliphatic heterocycles. The number of H-pyrrole nitrogens is 1. The maximum Gasteiger partial charge on any atom is 0.417 e. The molecule has 2 rings (SSSR count). The Morgan fingerprint density at radius 3 is 2.58 bits per heavy atom. The third-order valence-electron chi connectivity index (χ3n) is 3.37. The zero-order valence-corrected chi connectivity index (χ0v) is 11.6. The fourth-order valence-electron chi connectivity index (χ4n) is 1.74. The minimum atomic E-state index is -3.45. The van der Waals surface area contributed by atoms with E-state index in [0.29, 0.717) is 11.1 Å². The van der Waals surface area contributed by atoms with Crippen molar-refractivity contribution in [1.29, 1.82) is 0 Å². The van der Waals surface area contributed by atoms with Crippen molar-refractivity contribution < 1.29 is 17.9 Å². The van der Waals surface area contributed by atoms with Gasteiger partial charge in [-0.05, 0) is 31.5 Å². The highest BCUT2D eigenvalue weighted by atomic mass is 32.2. The zero-order valence-electron chi connectivity index (χ0n) is 10.8. The van der Waals surface area contributed by atoms with Crippen LogP contribution in [0.5, 0.6) is 0 Å². The van der Waals surface area contributed by atoms with Gasteiger partial charge in [0.25, 0.3) is 0 Å². The van der Waals surface area contributed by atoms with Crippen molar-refractivity contribution >= 4 is 20.9 Å². The van der Waals surface area contributed by atoms with Crippen LogP contribution in [-0.4, -0.2) is 29.5 Å². The molecule has 0 aliphatic carbocycles. The molecule has 1 heterocycles. The number of aromatic nitrogens is 1. The molecule has 1 atom stereocenters. The number of oxazole rings is 1. The SMILES string of the molecule is CC(C)(C(O)c1ccc2[nH]c(=O)oc2c1)S(C)(=O)=O. The molecule has 0 spiro atoms. The number of sulfone groups is 1. The molecule has 0 amide bonds. The average Bonchev–Trinajstić information content (AvgIpc) is 2.65. The predicted molar refractivity (Wildman–Crippen MR) is 70.7 cm³/mol. The van der Waals surface area contributed by atoms with Crippen molar-refractivity contribution in [3.63, 3.8) is 0 Å². The summed E-state index contributed by atoms with van der Waals surface area (Å²) < 4.78 is 26.9. The van der Waals surface area contributed by atoms with Crippen LogP contribution in [0, 0.1) is 0 Å². The number of aliphatic hydroxyl groups is 1. The number of rotatable bonds is 3. The number of hydrogen-bond donors (Lipinski definition) is 2. The van der Waals surface area contributed by atoms with Crippen molar-refractivity contribution in [2.24, 2.45) is 0 Å². The lowest BCUT2D eigenvalue weighted by Gasteiger charge is -2.28. The number of benzene rings is 1. The summed E-state index contributed by atoms with van der Waals surface area (Å²) in [5.41, 5.74) is 1.16. The molecule has 0 saturated carbocycles. The molecule has 0 bridgehead atoms. The molecule has 0 radical (unpaired) electrons. The summed E-state index contributed by atoms with van der Waals surface area (Å²) in [6.07, 6.45) is -0.141. The smallest absolute Gasteiger partial charge is 0.408 e. The van der Waals surface area contributed by atoms with Crippen molar-refractivity contribution in [3.05, 3.63) is 34.3 Å². The lowest BCUT2D eigenvalue weighted by molar-refractivity contribution is 0.139. The van der Waals surface area contributed by atoms with Crippen molar-refractivity contribution in [2.75, 3.05) is 6.26 Å². The van der Waals surface area contributed by atoms with Crippen LogP contribution in [0.25, 0.3) is 11.1 Å². The summed E-state index contributed by atoms with van der Waals surface area (Å²) in [6, 6.07) is 4.59. The van der Waals surface area contributed by atoms with Crippen molar-refractivity contribution in [2.45, 2.75) is 24.7 Å². The number of aromatic amines is 1. The Morgan fingerprint density at radius 1 is 1.37 bits per heavy atom. The Balaban J connectivity index is 2.52. The summed E-state index contributed by atoms with van der Waals surface area (Å²) in [4.78, 5) is 13.5. The van der Waals surface area contributed by atoms with Crippen LogP contribution in [0.1, 0.15) is 25.5 Å². The van der Waals surface area contributed by atoms with Gasteiger partial charge in [0, 0.05) is 6.26 Å². The lowest BCUT2D eigenvalue weighted by Crippen LogP contribution is -2.37. The van der Waals surface area contributed by atoms with Crippen LogP contribution in [0.4, 0.5) is 0 Å². The molecule has 0 fully saturated rings. The van der Waals surface area contributed by atoms with E-state index < -0.39 is 26.4 Å². The minimum absolute atomic E-state index is 0.283. The Bertz CT molecular complexity index is 769. The van der Waals surface area contributed by atoms with E-state index in [9.17, 15) is 18.3 Å². The van der Waals surface area contributed by atoms with Crippen LogP contribution < -0.4 is 5.76 Å². The van der Waals surface area contributed by atoms with Crippen LogP contribution >= 0.6 is 0 Å². The van der Waals surface area contributed by atoms with Crippen molar-refractivity contribution in [1.82, 2.24) is 4.98 Å². The highest BCUT2D eigenvalue weighted by Gasteiger charge is 2.39. The number of aliphatic hydroxyl groups excluding tert-OH is 1. The molecule has 0 aliphatic rings. The van der Waals surface area contributed by atoms with E-state index in [1.165, 1.54) is 19.9 Å². The van der Waals surface area contributed by atoms with Gasteiger partial charge < -0.3 is 9.52 Å². The van der Waals surface area contributed by atoms with Gasteiger partial charge in [0.05, 0.1) is 16.4 Å². The van der Waals surface area contributed by atoms with Gasteiger partial charge in [-0.25, -0.2) is 13.2 Å². The van der Waals surface area contributed by atoms with E-state index >= 15 is 0 Å². The molecule has 1 aromatic heterocycles. The van der Waals surface area contributed by atoms with Gasteiger partial charge in [0.1, 0.15) is 0 Å². The molecule has 19 heavy (non-hydrogen) atoms. The van der Waals surface area contributed by atoms with Crippen molar-refractivity contribution in [3.8, 4) is 0 Å². The first-order valence-corrected chi connectivity index (χ1v) is 7.52. The van der Waals surface area contributed by atoms with E-state index in [1.807, 2.05) is 0 Å². The molecule has 7 heteroatoms. The standard InChI is InChI=1S/C12H15NO5S/c1-12(2,19(3,16)17)10(14)7-4-5-8-9(6-7)18-11(15)13-8/h4-6,10,14H,1-3H3,(H,13,15). The third-order valence-corrected chi connectivity index (χ3v) is 5.51. The van der Waals surface area contributed by atoms with Gasteiger partial charge in [-0.15, -0.1) is 0 Å². The first-order valence-electron chi connectivity index (χ1n) is 5.63. The average molecular weight is 285 g/mol. The molecule has 2 aromatic rings. The van der Waals surface area contributed by atoms with Crippen LogP contribution in [0.2, 0.25) is 0 Å². The van der Waals surface area contributed by atoms with Crippen LogP contribution in [0.15, 0.2) is 27.4 Å². The van der Waals surface area contributed by atoms with E-state index in [0.717, 1.165) is 6.26 Å². The fraction of sp³-hybridized carbons (Fsp3) is 0.417. The highest BCUT2D eigenvalue weighted by molar-refractivity contribution is 7.92. The largest absolute Gasteiger partial charge is 0.417 e. The van der Waals surface area contributed by atoms with Gasteiger partial charge in [0.15, 0.2) is 15.4 Å². The third kappa shape index (κ3) is 2.31. The van der Waals surface area contributed by atoms with Gasteiger partial charge in [-0.3, -0.25) is 4.98 Å². The normalized spacial score (nSPS) is 14.7. The molecular weight excluding hydrogens is 270 g/mol. The van der Waals surface area contributed by atoms with Gasteiger partial charge in [0.2, 0.25) is 0 Å². The maximum atomic E-state index is 11.7. The predicted octanol–water partition coefficient (Wildman–Crippen LogP) is 0.978. The number of fused-ring (bicyclic) bond motifs is 1. The van der Waals surface area contributed by atoms with Crippen LogP contribution in [0.3, 0.4) is 0 Å². The summed E-state index contributed by atoms with van der Waals surface area (Å²) in [7, 11) is -3.45. The second-order valence-corrected chi connectivity index (χ2v) is 7.64. The Hall–Kier alpha value is -1.60. The lowest BCUT2D eigenvalue weighted by atomic mass is 9.98. The first-order chi connectivity index (χ1) is 8.63. The van der Waals surface area contributed by atoms with Gasteiger partial charge in [-0.1, -0.05) is 6.07 Å². The van der Waals surface area contributed by atoms with E-state index in [1.54, 1.807) is 12.1 Å².